The fraction of sp³-hybridized carbons (Fsp3) is 0.0833. The molecule has 0 spiro atoms. The summed E-state index contributed by atoms with van der Waals surface area (Å²) in [5, 5.41) is 6.52. The lowest BCUT2D eigenvalue weighted by Crippen LogP contribution is -2.21. The van der Waals surface area contributed by atoms with Crippen molar-refractivity contribution >= 4 is 35.0 Å². The van der Waals surface area contributed by atoms with Gasteiger partial charge >= 0.3 is 0 Å². The van der Waals surface area contributed by atoms with Crippen molar-refractivity contribution in [2.75, 3.05) is 5.01 Å². The number of para-hydroxylation sites is 1. The first kappa shape index (κ1) is 19.0. The van der Waals surface area contributed by atoms with E-state index in [0.29, 0.717) is 22.9 Å². The first-order valence-corrected chi connectivity index (χ1v) is 9.62. The number of ether oxygens (including phenoxy) is 1. The Kier molecular flexibility index (Phi) is 5.45. The summed E-state index contributed by atoms with van der Waals surface area (Å²) in [6, 6.07) is 24.6. The van der Waals surface area contributed by atoms with Crippen molar-refractivity contribution < 1.29 is 9.53 Å². The Morgan fingerprint density at radius 3 is 2.38 bits per heavy atom. The molecular formula is C24H19ClN2O2. The molecule has 0 fully saturated rings. The fourth-order valence-corrected chi connectivity index (χ4v) is 3.22. The molecule has 0 saturated heterocycles. The van der Waals surface area contributed by atoms with Gasteiger partial charge in [-0.15, -0.1) is 0 Å². The maximum atomic E-state index is 12.8. The Labute approximate surface area is 174 Å². The molecule has 0 N–H and O–H groups in total. The molecule has 29 heavy (non-hydrogen) atoms. The van der Waals surface area contributed by atoms with Crippen LogP contribution in [0.25, 0.3) is 6.08 Å². The number of amides is 1. The van der Waals surface area contributed by atoms with Crippen LogP contribution in [0.2, 0.25) is 5.02 Å². The average molecular weight is 403 g/mol. The molecule has 0 saturated carbocycles. The molecule has 0 aliphatic carbocycles. The van der Waals surface area contributed by atoms with Gasteiger partial charge in [0.25, 0.3) is 5.91 Å². The van der Waals surface area contributed by atoms with Gasteiger partial charge in [-0.1, -0.05) is 60.1 Å². The molecule has 1 aliphatic rings. The molecule has 1 aliphatic heterocycles. The van der Waals surface area contributed by atoms with Gasteiger partial charge in [0.2, 0.25) is 0 Å². The van der Waals surface area contributed by atoms with Gasteiger partial charge in [0.05, 0.1) is 17.0 Å². The second kappa shape index (κ2) is 8.33. The molecule has 1 heterocycles. The van der Waals surface area contributed by atoms with Crippen LogP contribution in [0.5, 0.6) is 5.75 Å². The summed E-state index contributed by atoms with van der Waals surface area (Å²) in [7, 11) is 0. The van der Waals surface area contributed by atoms with Gasteiger partial charge in [0, 0.05) is 10.6 Å². The number of carbonyl (C=O) groups is 1. The second-order valence-electron chi connectivity index (χ2n) is 6.65. The van der Waals surface area contributed by atoms with Gasteiger partial charge in [0.1, 0.15) is 12.4 Å². The number of hydrazone groups is 1. The van der Waals surface area contributed by atoms with E-state index in [1.54, 1.807) is 0 Å². The largest absolute Gasteiger partial charge is 0.489 e. The zero-order chi connectivity index (χ0) is 20.2. The summed E-state index contributed by atoms with van der Waals surface area (Å²) in [5.41, 5.74) is 3.87. The van der Waals surface area contributed by atoms with Crippen LogP contribution in [-0.2, 0) is 11.4 Å². The topological polar surface area (TPSA) is 41.9 Å². The van der Waals surface area contributed by atoms with E-state index in [1.165, 1.54) is 5.01 Å². The number of anilines is 1. The number of halogens is 1. The average Bonchev–Trinajstić information content (AvgIpc) is 3.03. The number of hydrogen-bond donors (Lipinski definition) is 0. The van der Waals surface area contributed by atoms with Crippen LogP contribution in [0.1, 0.15) is 18.1 Å². The molecule has 3 aromatic rings. The summed E-state index contributed by atoms with van der Waals surface area (Å²) in [6.45, 7) is 2.24. The summed E-state index contributed by atoms with van der Waals surface area (Å²) in [4.78, 5) is 12.8. The van der Waals surface area contributed by atoms with Crippen LogP contribution in [-0.4, -0.2) is 11.6 Å². The van der Waals surface area contributed by atoms with Gasteiger partial charge in [0.15, 0.2) is 0 Å². The zero-order valence-corrected chi connectivity index (χ0v) is 16.6. The highest BCUT2D eigenvalue weighted by Gasteiger charge is 2.28. The molecule has 4 rings (SSSR count). The van der Waals surface area contributed by atoms with E-state index in [4.69, 9.17) is 16.3 Å². The molecule has 1 amide bonds. The summed E-state index contributed by atoms with van der Waals surface area (Å²) in [5.74, 6) is 0.605. The van der Waals surface area contributed by atoms with E-state index >= 15 is 0 Å². The number of benzene rings is 3. The summed E-state index contributed by atoms with van der Waals surface area (Å²) < 4.78 is 5.81. The Hall–Kier alpha value is -3.37. The normalized spacial score (nSPS) is 15.0. The third kappa shape index (κ3) is 4.23. The minimum atomic E-state index is -0.132. The molecular weight excluding hydrogens is 384 g/mol. The van der Waals surface area contributed by atoms with E-state index < -0.39 is 0 Å². The van der Waals surface area contributed by atoms with E-state index in [2.05, 4.69) is 5.10 Å². The maximum Gasteiger partial charge on any atom is 0.280 e. The standard InChI is InChI=1S/C24H19ClN2O2/c1-17-22(24(28)27(26-17)20-8-3-2-4-9-20)15-18-11-13-21(14-12-18)29-16-19-7-5-6-10-23(19)25/h2-15H,16H2,1H3/b22-15+. The number of rotatable bonds is 5. The molecule has 4 nitrogen and oxygen atoms in total. The Balaban J connectivity index is 1.47. The van der Waals surface area contributed by atoms with Crippen molar-refractivity contribution in [2.45, 2.75) is 13.5 Å². The quantitative estimate of drug-likeness (QED) is 0.512. The SMILES string of the molecule is CC1=NN(c2ccccc2)C(=O)/C1=C/c1ccc(OCc2ccccc2Cl)cc1. The van der Waals surface area contributed by atoms with Crippen LogP contribution in [0.4, 0.5) is 5.69 Å². The number of hydrogen-bond acceptors (Lipinski definition) is 3. The third-order valence-corrected chi connectivity index (χ3v) is 4.98. The first-order chi connectivity index (χ1) is 14.1. The van der Waals surface area contributed by atoms with Gasteiger partial charge < -0.3 is 4.74 Å². The van der Waals surface area contributed by atoms with Crippen molar-refractivity contribution in [1.82, 2.24) is 0 Å². The molecule has 0 unspecified atom stereocenters. The molecule has 144 valence electrons. The highest BCUT2D eigenvalue weighted by molar-refractivity contribution is 6.32. The van der Waals surface area contributed by atoms with Crippen molar-refractivity contribution in [3.63, 3.8) is 0 Å². The van der Waals surface area contributed by atoms with E-state index in [1.807, 2.05) is 91.9 Å². The van der Waals surface area contributed by atoms with Crippen molar-refractivity contribution in [3.05, 3.63) is 101 Å². The predicted octanol–water partition coefficient (Wildman–Crippen LogP) is 5.73. The van der Waals surface area contributed by atoms with Crippen LogP contribution in [0, 0.1) is 0 Å². The fourth-order valence-electron chi connectivity index (χ4n) is 3.03. The molecule has 0 atom stereocenters. The highest BCUT2D eigenvalue weighted by Crippen LogP contribution is 2.25. The zero-order valence-electron chi connectivity index (χ0n) is 15.9. The third-order valence-electron chi connectivity index (χ3n) is 4.61. The predicted molar refractivity (Wildman–Crippen MR) is 117 cm³/mol. The van der Waals surface area contributed by atoms with Crippen LogP contribution in [0.15, 0.2) is 89.5 Å². The first-order valence-electron chi connectivity index (χ1n) is 9.25. The van der Waals surface area contributed by atoms with Crippen molar-refractivity contribution in [3.8, 4) is 5.75 Å². The molecule has 0 bridgehead atoms. The highest BCUT2D eigenvalue weighted by atomic mass is 35.5. The van der Waals surface area contributed by atoms with E-state index in [9.17, 15) is 4.79 Å². The molecule has 0 radical (unpaired) electrons. The Morgan fingerprint density at radius 2 is 1.66 bits per heavy atom. The lowest BCUT2D eigenvalue weighted by atomic mass is 10.1. The minimum absolute atomic E-state index is 0.132. The lowest BCUT2D eigenvalue weighted by Gasteiger charge is -2.11. The lowest BCUT2D eigenvalue weighted by molar-refractivity contribution is -0.114. The van der Waals surface area contributed by atoms with Gasteiger partial charge in [-0.3, -0.25) is 4.79 Å². The number of nitrogens with zero attached hydrogens (tertiary/aromatic N) is 2. The molecule has 0 aromatic heterocycles. The van der Waals surface area contributed by atoms with E-state index in [0.717, 1.165) is 22.6 Å². The Bertz CT molecular complexity index is 1090. The summed E-state index contributed by atoms with van der Waals surface area (Å²) >= 11 is 6.16. The van der Waals surface area contributed by atoms with Crippen LogP contribution < -0.4 is 9.75 Å². The molecule has 5 heteroatoms. The monoisotopic (exact) mass is 402 g/mol. The Morgan fingerprint density at radius 1 is 0.966 bits per heavy atom. The van der Waals surface area contributed by atoms with E-state index in [-0.39, 0.29) is 5.91 Å². The van der Waals surface area contributed by atoms with Crippen LogP contribution >= 0.6 is 11.6 Å². The molecule has 3 aromatic carbocycles. The van der Waals surface area contributed by atoms with Gasteiger partial charge in [-0.2, -0.15) is 10.1 Å². The van der Waals surface area contributed by atoms with Crippen molar-refractivity contribution in [1.29, 1.82) is 0 Å². The number of carbonyl (C=O) groups excluding carboxylic acids is 1. The maximum absolute atomic E-state index is 12.8. The van der Waals surface area contributed by atoms with Gasteiger partial charge in [-0.25, -0.2) is 0 Å². The summed E-state index contributed by atoms with van der Waals surface area (Å²) in [6.07, 6.45) is 1.85. The van der Waals surface area contributed by atoms with Crippen LogP contribution in [0.3, 0.4) is 0 Å². The smallest absolute Gasteiger partial charge is 0.280 e. The second-order valence-corrected chi connectivity index (χ2v) is 7.05. The van der Waals surface area contributed by atoms with Gasteiger partial charge in [-0.05, 0) is 48.9 Å². The minimum Gasteiger partial charge on any atom is -0.489 e. The van der Waals surface area contributed by atoms with Crippen molar-refractivity contribution in [2.24, 2.45) is 5.10 Å².